The Balaban J connectivity index is 5.46. The normalized spacial score (nSPS) is 14.7. The number of phosphoric ester groups is 2. The van der Waals surface area contributed by atoms with Crippen LogP contribution in [0.3, 0.4) is 0 Å². The molecule has 0 bridgehead atoms. The molecular formula is C89H146O17P2. The number of carbonyl (C=O) groups excluding carboxylic acids is 4. The van der Waals surface area contributed by atoms with Gasteiger partial charge in [0.2, 0.25) is 0 Å². The predicted molar refractivity (Wildman–Crippen MR) is 445 cm³/mol. The Labute approximate surface area is 654 Å². The second kappa shape index (κ2) is 79.5. The molecule has 614 valence electrons. The Kier molecular flexibility index (Phi) is 75.4. The van der Waals surface area contributed by atoms with E-state index in [4.69, 9.17) is 37.0 Å². The molecule has 0 saturated carbocycles. The molecule has 0 radical (unpaired) electrons. The minimum atomic E-state index is -5.00. The summed E-state index contributed by atoms with van der Waals surface area (Å²) in [6.07, 6.45) is 94.7. The average molecular weight is 1550 g/mol. The summed E-state index contributed by atoms with van der Waals surface area (Å²) in [6.45, 7) is 4.48. The molecule has 0 heterocycles. The van der Waals surface area contributed by atoms with Crippen LogP contribution in [0.15, 0.2) is 170 Å². The molecule has 17 nitrogen and oxygen atoms in total. The molecule has 0 fully saturated rings. The third kappa shape index (κ3) is 78.5. The molecule has 19 heteroatoms. The fourth-order valence-corrected chi connectivity index (χ4v) is 12.0. The van der Waals surface area contributed by atoms with E-state index in [-0.39, 0.29) is 25.7 Å². The third-order valence-electron chi connectivity index (χ3n) is 16.6. The Hall–Kier alpha value is -5.58. The van der Waals surface area contributed by atoms with Crippen LogP contribution < -0.4 is 0 Å². The van der Waals surface area contributed by atoms with Crippen molar-refractivity contribution in [2.45, 2.75) is 329 Å². The van der Waals surface area contributed by atoms with E-state index in [1.807, 2.05) is 0 Å². The molecule has 5 unspecified atom stereocenters. The van der Waals surface area contributed by atoms with E-state index in [2.05, 4.69) is 198 Å². The molecule has 108 heavy (non-hydrogen) atoms. The second-order valence-corrected chi connectivity index (χ2v) is 29.8. The zero-order valence-electron chi connectivity index (χ0n) is 67.2. The lowest BCUT2D eigenvalue weighted by atomic mass is 10.1. The van der Waals surface area contributed by atoms with E-state index in [1.165, 1.54) is 38.5 Å². The van der Waals surface area contributed by atoms with Gasteiger partial charge in [-0.2, -0.15) is 0 Å². The van der Waals surface area contributed by atoms with Crippen LogP contribution in [-0.4, -0.2) is 96.7 Å². The number of hydrogen-bond acceptors (Lipinski definition) is 15. The summed E-state index contributed by atoms with van der Waals surface area (Å²) < 4.78 is 68.6. The largest absolute Gasteiger partial charge is 0.472 e. The van der Waals surface area contributed by atoms with E-state index in [0.717, 1.165) is 186 Å². The Morgan fingerprint density at radius 2 is 0.481 bits per heavy atom. The topological polar surface area (TPSA) is 237 Å². The van der Waals surface area contributed by atoms with Crippen molar-refractivity contribution in [3.8, 4) is 0 Å². The van der Waals surface area contributed by atoms with Crippen molar-refractivity contribution in [3.63, 3.8) is 0 Å². The van der Waals surface area contributed by atoms with Crippen molar-refractivity contribution in [1.29, 1.82) is 0 Å². The summed E-state index contributed by atoms with van der Waals surface area (Å²) in [5.41, 5.74) is 0. The highest BCUT2D eigenvalue weighted by molar-refractivity contribution is 7.47. The summed E-state index contributed by atoms with van der Waals surface area (Å²) in [5.74, 6) is -2.30. The fraction of sp³-hybridized carbons (Fsp3) is 0.640. The highest BCUT2D eigenvalue weighted by atomic mass is 31.2. The molecule has 0 saturated heterocycles. The van der Waals surface area contributed by atoms with Gasteiger partial charge in [-0.05, 0) is 180 Å². The summed E-state index contributed by atoms with van der Waals surface area (Å²) >= 11 is 0. The first-order valence-corrected chi connectivity index (χ1v) is 44.4. The lowest BCUT2D eigenvalue weighted by Crippen LogP contribution is -2.30. The lowest BCUT2D eigenvalue weighted by molar-refractivity contribution is -0.161. The van der Waals surface area contributed by atoms with Gasteiger partial charge in [0.1, 0.15) is 19.3 Å². The molecule has 5 atom stereocenters. The van der Waals surface area contributed by atoms with Crippen LogP contribution in [0, 0.1) is 0 Å². The number of allylic oxidation sites excluding steroid dienone is 28. The van der Waals surface area contributed by atoms with Crippen molar-refractivity contribution >= 4 is 39.5 Å². The smallest absolute Gasteiger partial charge is 0.462 e. The first kappa shape index (κ1) is 102. The standard InChI is InChI=1S/C89H146O17P2/c1-5-9-13-17-21-25-29-33-37-39-41-43-47-49-53-57-61-65-69-73-86(91)99-79-84(105-88(93)75-71-67-63-59-55-51-45-35-31-27-23-19-15-11-7-3)81-103-107(95,96)101-77-83(90)78-102-108(97,98)104-82-85(106-89(94)76-72-68-64-60-56-52-46-36-32-28-24-20-16-12-8-4)80-100-87(92)74-70-66-62-58-54-50-48-44-42-40-38-34-30-26-22-18-14-10-6-2/h9,12-13,16,21-28,33-38,41-46,49,53,56,60,83-85,90H,5-8,10-11,14-15,17-20,29-32,39-40,47-48,50-52,54-55,57-59,61-82H2,1-4H3,(H,95,96)(H,97,98)/b13-9-,16-12-,25-21-,26-22-,27-23-,28-24-,37-33-,38-34-,43-41-,44-42-,45-35-,46-36-,53-49-,60-56-. The van der Waals surface area contributed by atoms with Crippen LogP contribution >= 0.6 is 15.6 Å². The van der Waals surface area contributed by atoms with Gasteiger partial charge in [-0.25, -0.2) is 9.13 Å². The molecule has 0 aromatic heterocycles. The number of carbonyl (C=O) groups is 4. The fourth-order valence-electron chi connectivity index (χ4n) is 10.4. The van der Waals surface area contributed by atoms with Gasteiger partial charge < -0.3 is 33.8 Å². The highest BCUT2D eigenvalue weighted by Gasteiger charge is 2.30. The number of unbranched alkanes of at least 4 members (excludes halogenated alkanes) is 22. The van der Waals surface area contributed by atoms with Gasteiger partial charge in [-0.15, -0.1) is 0 Å². The van der Waals surface area contributed by atoms with Gasteiger partial charge in [0.25, 0.3) is 0 Å². The van der Waals surface area contributed by atoms with Crippen molar-refractivity contribution in [1.82, 2.24) is 0 Å². The van der Waals surface area contributed by atoms with Gasteiger partial charge in [0.15, 0.2) is 12.2 Å². The van der Waals surface area contributed by atoms with E-state index < -0.39 is 97.5 Å². The van der Waals surface area contributed by atoms with Gasteiger partial charge in [0.05, 0.1) is 26.4 Å². The Bertz CT molecular complexity index is 2710. The van der Waals surface area contributed by atoms with Crippen LogP contribution in [-0.2, 0) is 65.4 Å². The average Bonchev–Trinajstić information content (AvgIpc) is 0.923. The van der Waals surface area contributed by atoms with E-state index >= 15 is 0 Å². The van der Waals surface area contributed by atoms with Crippen LogP contribution in [0.25, 0.3) is 0 Å². The molecule has 0 aromatic carbocycles. The summed E-state index contributed by atoms with van der Waals surface area (Å²) in [7, 11) is -10.0. The number of esters is 4. The van der Waals surface area contributed by atoms with Crippen molar-refractivity contribution < 1.29 is 80.2 Å². The van der Waals surface area contributed by atoms with Crippen molar-refractivity contribution in [2.75, 3.05) is 39.6 Å². The summed E-state index contributed by atoms with van der Waals surface area (Å²) in [5, 5.41) is 10.7. The Morgan fingerprint density at radius 1 is 0.269 bits per heavy atom. The summed E-state index contributed by atoms with van der Waals surface area (Å²) in [6, 6.07) is 0. The maximum atomic E-state index is 13.1. The lowest BCUT2D eigenvalue weighted by Gasteiger charge is -2.21. The number of hydrogen-bond donors (Lipinski definition) is 3. The first-order chi connectivity index (χ1) is 52.7. The van der Waals surface area contributed by atoms with Crippen LogP contribution in [0.4, 0.5) is 0 Å². The molecule has 0 spiro atoms. The van der Waals surface area contributed by atoms with Gasteiger partial charge in [0, 0.05) is 25.7 Å². The molecule has 0 aliphatic rings. The zero-order chi connectivity index (χ0) is 78.9. The van der Waals surface area contributed by atoms with Crippen LogP contribution in [0.5, 0.6) is 0 Å². The summed E-state index contributed by atoms with van der Waals surface area (Å²) in [4.78, 5) is 73.1. The zero-order valence-corrected chi connectivity index (χ0v) is 69.0. The Morgan fingerprint density at radius 3 is 0.769 bits per heavy atom. The number of rotatable bonds is 76. The van der Waals surface area contributed by atoms with Crippen molar-refractivity contribution in [2.24, 2.45) is 0 Å². The molecular weight excluding hydrogens is 1400 g/mol. The van der Waals surface area contributed by atoms with Crippen LogP contribution in [0.2, 0.25) is 0 Å². The predicted octanol–water partition coefficient (Wildman–Crippen LogP) is 24.6. The maximum Gasteiger partial charge on any atom is 0.472 e. The monoisotopic (exact) mass is 1550 g/mol. The number of aliphatic hydroxyl groups excluding tert-OH is 1. The molecule has 0 aromatic rings. The van der Waals surface area contributed by atoms with E-state index in [9.17, 15) is 43.2 Å². The third-order valence-corrected chi connectivity index (χ3v) is 18.5. The van der Waals surface area contributed by atoms with Gasteiger partial charge in [-0.1, -0.05) is 275 Å². The van der Waals surface area contributed by atoms with E-state index in [1.54, 1.807) is 0 Å². The molecule has 0 amide bonds. The van der Waals surface area contributed by atoms with Crippen molar-refractivity contribution in [3.05, 3.63) is 170 Å². The van der Waals surface area contributed by atoms with Gasteiger partial charge in [-0.3, -0.25) is 37.3 Å². The molecule has 0 aliphatic carbocycles. The molecule has 0 aliphatic heterocycles. The molecule has 0 rings (SSSR count). The number of ether oxygens (including phenoxy) is 4. The number of phosphoric acid groups is 2. The quantitative estimate of drug-likeness (QED) is 0.0169. The molecule has 3 N–H and O–H groups in total. The number of aliphatic hydroxyl groups is 1. The first-order valence-electron chi connectivity index (χ1n) is 41.4. The highest BCUT2D eigenvalue weighted by Crippen LogP contribution is 2.45. The minimum Gasteiger partial charge on any atom is -0.462 e. The second-order valence-electron chi connectivity index (χ2n) is 26.9. The minimum absolute atomic E-state index is 0.0332. The SMILES string of the molecule is CC/C=C\C/C=C\C/C=C\C/C=C\C/C=C\CCCCCC(=O)OCC(COP(=O)(O)OCC(O)COP(=O)(O)OCC(COC(=O)CCCCCCCC/C=C\C/C=C\C/C=C\CCCCC)OC(=O)CCCC/C=C\C/C=C\C/C=C\C/C=C\CC)OC(=O)CCCCCCC/C=C\C/C=C\CCCCC. The maximum absolute atomic E-state index is 13.1. The van der Waals surface area contributed by atoms with Gasteiger partial charge >= 0.3 is 39.5 Å². The van der Waals surface area contributed by atoms with E-state index in [0.29, 0.717) is 32.1 Å². The van der Waals surface area contributed by atoms with Crippen LogP contribution in [0.1, 0.15) is 310 Å².